The summed E-state index contributed by atoms with van der Waals surface area (Å²) in [6.07, 6.45) is 0.106. The van der Waals surface area contributed by atoms with Crippen LogP contribution in [0.25, 0.3) is 0 Å². The molecule has 0 radical (unpaired) electrons. The lowest BCUT2D eigenvalue weighted by atomic mass is 10.3. The molecule has 0 heterocycles. The van der Waals surface area contributed by atoms with Crippen LogP contribution in [0.2, 0.25) is 0 Å². The Morgan fingerprint density at radius 2 is 1.13 bits per heavy atom. The minimum atomic E-state index is -0.344. The summed E-state index contributed by atoms with van der Waals surface area (Å²) in [6, 6.07) is 0. The third-order valence-corrected chi connectivity index (χ3v) is 4.68. The van der Waals surface area contributed by atoms with Crippen LogP contribution in [0, 0.1) is 0 Å². The van der Waals surface area contributed by atoms with Crippen LogP contribution < -0.4 is 0 Å². The Labute approximate surface area is 189 Å². The van der Waals surface area contributed by atoms with Gasteiger partial charge in [0.2, 0.25) is 0 Å². The quantitative estimate of drug-likeness (QED) is 0.282. The van der Waals surface area contributed by atoms with Gasteiger partial charge in [0.1, 0.15) is 12.7 Å². The van der Waals surface area contributed by atoms with Crippen molar-refractivity contribution in [1.29, 1.82) is 0 Å². The van der Waals surface area contributed by atoms with Gasteiger partial charge in [0.15, 0.2) is 0 Å². The van der Waals surface area contributed by atoms with Crippen LogP contribution in [-0.2, 0) is 23.8 Å². The van der Waals surface area contributed by atoms with Gasteiger partial charge in [-0.15, -0.1) is 0 Å². The fraction of sp³-hybridized carbons (Fsp3) is 0.909. The standard InChI is InChI=1S/C22H46N4O5/c1-19(17-30-21(27)9-11-25(7)15-13-23(3)4)29-18-20(2)31-22(28)10-12-26(8)16-14-24(5)6/h19-20H,9-18H2,1-8H3. The van der Waals surface area contributed by atoms with E-state index in [1.165, 1.54) is 0 Å². The van der Waals surface area contributed by atoms with Crippen molar-refractivity contribution < 1.29 is 23.8 Å². The molecule has 0 bridgehead atoms. The fourth-order valence-corrected chi connectivity index (χ4v) is 2.48. The average Bonchev–Trinajstić information content (AvgIpc) is 2.70. The van der Waals surface area contributed by atoms with Gasteiger partial charge in [-0.2, -0.15) is 0 Å². The number of likely N-dealkylation sites (N-methyl/N-ethyl adjacent to an activating group) is 4. The van der Waals surface area contributed by atoms with Crippen molar-refractivity contribution in [1.82, 2.24) is 19.6 Å². The summed E-state index contributed by atoms with van der Waals surface area (Å²) < 4.78 is 16.3. The van der Waals surface area contributed by atoms with E-state index >= 15 is 0 Å². The number of carbonyl (C=O) groups excluding carboxylic acids is 2. The highest BCUT2D eigenvalue weighted by Crippen LogP contribution is 2.02. The van der Waals surface area contributed by atoms with E-state index in [1.807, 2.05) is 49.2 Å². The van der Waals surface area contributed by atoms with E-state index in [-0.39, 0.29) is 37.4 Å². The van der Waals surface area contributed by atoms with Gasteiger partial charge in [0, 0.05) is 39.3 Å². The molecule has 0 rings (SSSR count). The van der Waals surface area contributed by atoms with Crippen LogP contribution >= 0.6 is 0 Å². The summed E-state index contributed by atoms with van der Waals surface area (Å²) in [7, 11) is 12.1. The Morgan fingerprint density at radius 3 is 1.61 bits per heavy atom. The highest BCUT2D eigenvalue weighted by atomic mass is 16.6. The van der Waals surface area contributed by atoms with Crippen LogP contribution in [0.15, 0.2) is 0 Å². The lowest BCUT2D eigenvalue weighted by Crippen LogP contribution is -2.31. The maximum Gasteiger partial charge on any atom is 0.307 e. The van der Waals surface area contributed by atoms with Crippen molar-refractivity contribution in [2.24, 2.45) is 0 Å². The Morgan fingerprint density at radius 1 is 0.645 bits per heavy atom. The van der Waals surface area contributed by atoms with Gasteiger partial charge < -0.3 is 33.8 Å². The molecule has 9 nitrogen and oxygen atoms in total. The van der Waals surface area contributed by atoms with Crippen molar-refractivity contribution in [3.05, 3.63) is 0 Å². The van der Waals surface area contributed by atoms with Crippen LogP contribution in [0.3, 0.4) is 0 Å². The molecule has 184 valence electrons. The first kappa shape index (κ1) is 29.7. The Kier molecular flexibility index (Phi) is 16.6. The van der Waals surface area contributed by atoms with Crippen molar-refractivity contribution in [2.75, 3.05) is 94.8 Å². The van der Waals surface area contributed by atoms with Crippen molar-refractivity contribution in [2.45, 2.75) is 38.9 Å². The second-order valence-electron chi connectivity index (χ2n) is 8.84. The maximum atomic E-state index is 12.0. The first-order chi connectivity index (χ1) is 14.5. The molecule has 0 saturated carbocycles. The molecule has 9 heteroatoms. The van der Waals surface area contributed by atoms with Gasteiger partial charge in [-0.1, -0.05) is 0 Å². The number of carbonyl (C=O) groups is 2. The summed E-state index contributed by atoms with van der Waals surface area (Å²) >= 11 is 0. The molecule has 0 amide bonds. The molecule has 0 aromatic heterocycles. The molecule has 0 N–H and O–H groups in total. The summed E-state index contributed by atoms with van der Waals surface area (Å²) in [5, 5.41) is 0. The van der Waals surface area contributed by atoms with Crippen LogP contribution in [0.1, 0.15) is 26.7 Å². The van der Waals surface area contributed by atoms with E-state index in [2.05, 4.69) is 19.6 Å². The van der Waals surface area contributed by atoms with E-state index in [4.69, 9.17) is 14.2 Å². The molecule has 31 heavy (non-hydrogen) atoms. The summed E-state index contributed by atoms with van der Waals surface area (Å²) in [5.41, 5.74) is 0. The topological polar surface area (TPSA) is 74.8 Å². The lowest BCUT2D eigenvalue weighted by Gasteiger charge is -2.20. The molecule has 0 aliphatic heterocycles. The van der Waals surface area contributed by atoms with Crippen molar-refractivity contribution in [3.63, 3.8) is 0 Å². The Bertz CT molecular complexity index is 491. The second kappa shape index (κ2) is 17.3. The molecule has 2 atom stereocenters. The SMILES string of the molecule is CC(COC(=O)CCN(C)CCN(C)C)OCC(C)OC(=O)CCN(C)CCN(C)C. The summed E-state index contributed by atoms with van der Waals surface area (Å²) in [5.74, 6) is -0.463. The Balaban J connectivity index is 3.86. The van der Waals surface area contributed by atoms with E-state index in [0.29, 0.717) is 25.9 Å². The van der Waals surface area contributed by atoms with E-state index < -0.39 is 0 Å². The predicted molar refractivity (Wildman–Crippen MR) is 123 cm³/mol. The number of hydrogen-bond acceptors (Lipinski definition) is 9. The molecule has 0 aliphatic carbocycles. The zero-order valence-electron chi connectivity index (χ0n) is 21.1. The van der Waals surface area contributed by atoms with Gasteiger partial charge in [-0.25, -0.2) is 0 Å². The zero-order chi connectivity index (χ0) is 23.8. The first-order valence-corrected chi connectivity index (χ1v) is 11.1. The second-order valence-corrected chi connectivity index (χ2v) is 8.84. The van der Waals surface area contributed by atoms with Crippen molar-refractivity contribution in [3.8, 4) is 0 Å². The molecule has 0 fully saturated rings. The summed E-state index contributed by atoms with van der Waals surface area (Å²) in [6.45, 7) is 9.14. The lowest BCUT2D eigenvalue weighted by molar-refractivity contribution is -0.154. The third-order valence-electron chi connectivity index (χ3n) is 4.68. The normalized spacial score (nSPS) is 13.8. The first-order valence-electron chi connectivity index (χ1n) is 11.1. The smallest absolute Gasteiger partial charge is 0.307 e. The van der Waals surface area contributed by atoms with E-state index in [0.717, 1.165) is 26.2 Å². The number of rotatable bonds is 18. The molecule has 0 saturated heterocycles. The molecule has 0 aliphatic rings. The van der Waals surface area contributed by atoms with Gasteiger partial charge in [-0.3, -0.25) is 9.59 Å². The Hall–Kier alpha value is -1.26. The number of ether oxygens (including phenoxy) is 3. The van der Waals surface area contributed by atoms with Crippen LogP contribution in [0.5, 0.6) is 0 Å². The summed E-state index contributed by atoms with van der Waals surface area (Å²) in [4.78, 5) is 32.3. The van der Waals surface area contributed by atoms with Gasteiger partial charge in [-0.05, 0) is 56.1 Å². The van der Waals surface area contributed by atoms with Crippen LogP contribution in [-0.4, -0.2) is 139 Å². The molecule has 0 spiro atoms. The fourth-order valence-electron chi connectivity index (χ4n) is 2.48. The minimum absolute atomic E-state index is 0.192. The molecular formula is C22H46N4O5. The minimum Gasteiger partial charge on any atom is -0.463 e. The maximum absolute atomic E-state index is 12.0. The van der Waals surface area contributed by atoms with E-state index in [1.54, 1.807) is 6.92 Å². The molecule has 2 unspecified atom stereocenters. The largest absolute Gasteiger partial charge is 0.463 e. The van der Waals surface area contributed by atoms with E-state index in [9.17, 15) is 9.59 Å². The molecular weight excluding hydrogens is 400 g/mol. The highest BCUT2D eigenvalue weighted by Gasteiger charge is 2.14. The van der Waals surface area contributed by atoms with Gasteiger partial charge in [0.25, 0.3) is 0 Å². The number of esters is 2. The molecule has 0 aromatic rings. The number of hydrogen-bond donors (Lipinski definition) is 0. The van der Waals surface area contributed by atoms with Crippen LogP contribution in [0.4, 0.5) is 0 Å². The zero-order valence-corrected chi connectivity index (χ0v) is 21.1. The van der Waals surface area contributed by atoms with Gasteiger partial charge >= 0.3 is 11.9 Å². The number of nitrogens with zero attached hydrogens (tertiary/aromatic N) is 4. The monoisotopic (exact) mass is 446 g/mol. The third kappa shape index (κ3) is 19.2. The molecule has 0 aromatic carbocycles. The highest BCUT2D eigenvalue weighted by molar-refractivity contribution is 5.70. The predicted octanol–water partition coefficient (Wildman–Crippen LogP) is 0.633. The van der Waals surface area contributed by atoms with Gasteiger partial charge in [0.05, 0.1) is 25.6 Å². The average molecular weight is 447 g/mol. The van der Waals surface area contributed by atoms with Crippen molar-refractivity contribution >= 4 is 11.9 Å².